The zero-order valence-electron chi connectivity index (χ0n) is 11.0. The van der Waals surface area contributed by atoms with Gasteiger partial charge in [-0.3, -0.25) is 0 Å². The van der Waals surface area contributed by atoms with Crippen molar-refractivity contribution in [3.05, 3.63) is 39.8 Å². The second-order valence-corrected chi connectivity index (χ2v) is 4.88. The van der Waals surface area contributed by atoms with Crippen LogP contribution in [0.15, 0.2) is 24.4 Å². The Morgan fingerprint density at radius 1 is 1.35 bits per heavy atom. The Balaban J connectivity index is 2.17. The Labute approximate surface area is 120 Å². The zero-order chi connectivity index (χ0) is 14.5. The van der Waals surface area contributed by atoms with Crippen molar-refractivity contribution in [2.24, 2.45) is 0 Å². The summed E-state index contributed by atoms with van der Waals surface area (Å²) in [6.45, 7) is 0. The summed E-state index contributed by atoms with van der Waals surface area (Å²) in [4.78, 5) is 15.9. The van der Waals surface area contributed by atoms with Gasteiger partial charge in [0, 0.05) is 0 Å². The first-order valence-electron chi connectivity index (χ1n) is 5.73. The minimum absolute atomic E-state index is 0.0897. The number of methoxy groups -OCH3 is 2. The maximum absolute atomic E-state index is 11.3. The Hall–Kier alpha value is -2.34. The van der Waals surface area contributed by atoms with Crippen molar-refractivity contribution >= 4 is 29.5 Å². The average Bonchev–Trinajstić information content (AvgIpc) is 2.94. The smallest absolute Gasteiger partial charge is 0.349 e. The van der Waals surface area contributed by atoms with Crippen LogP contribution in [0.1, 0.15) is 20.2 Å². The number of nitrogens with zero attached hydrogens (tertiary/aromatic N) is 1. The van der Waals surface area contributed by atoms with Crippen LogP contribution in [0.2, 0.25) is 0 Å². The predicted octanol–water partition coefficient (Wildman–Crippen LogP) is 2.81. The van der Waals surface area contributed by atoms with Crippen LogP contribution in [0.25, 0.3) is 12.2 Å². The molecule has 0 fully saturated rings. The Morgan fingerprint density at radius 2 is 2.15 bits per heavy atom. The summed E-state index contributed by atoms with van der Waals surface area (Å²) >= 11 is 1.24. The third-order valence-electron chi connectivity index (χ3n) is 2.53. The first-order valence-corrected chi connectivity index (χ1v) is 6.55. The third kappa shape index (κ3) is 3.16. The van der Waals surface area contributed by atoms with E-state index in [1.807, 2.05) is 6.08 Å². The topological polar surface area (TPSA) is 68.7 Å². The van der Waals surface area contributed by atoms with Gasteiger partial charge in [0.25, 0.3) is 0 Å². The summed E-state index contributed by atoms with van der Waals surface area (Å²) in [5.74, 6) is 0.0990. The van der Waals surface area contributed by atoms with Gasteiger partial charge in [-0.1, -0.05) is 12.1 Å². The summed E-state index contributed by atoms with van der Waals surface area (Å²) in [5.41, 5.74) is 0.856. The highest BCUT2D eigenvalue weighted by Crippen LogP contribution is 2.27. The number of rotatable bonds is 4. The molecule has 0 saturated carbocycles. The highest BCUT2D eigenvalue weighted by molar-refractivity contribution is 7.14. The van der Waals surface area contributed by atoms with Crippen LogP contribution in [0.3, 0.4) is 0 Å². The van der Waals surface area contributed by atoms with Gasteiger partial charge in [0.15, 0.2) is 11.5 Å². The molecule has 104 valence electrons. The standard InChI is InChI=1S/C14H13NO4S/c1-18-11-7-9(3-5-10(11)16)4-6-13-15-8-12(20-13)14(17)19-2/h3-8,16H,1-2H3/b6-4+. The number of phenolic OH excluding ortho intramolecular Hbond substituents is 1. The number of aromatic hydroxyl groups is 1. The molecule has 0 aliphatic carbocycles. The maximum Gasteiger partial charge on any atom is 0.349 e. The molecule has 5 nitrogen and oxygen atoms in total. The summed E-state index contributed by atoms with van der Waals surface area (Å²) in [5, 5.41) is 10.2. The number of esters is 1. The van der Waals surface area contributed by atoms with E-state index < -0.39 is 5.97 Å². The van der Waals surface area contributed by atoms with Gasteiger partial charge in [0.05, 0.1) is 20.4 Å². The van der Waals surface area contributed by atoms with Crippen LogP contribution in [-0.4, -0.2) is 30.3 Å². The largest absolute Gasteiger partial charge is 0.504 e. The molecule has 0 radical (unpaired) electrons. The molecule has 0 aliphatic rings. The van der Waals surface area contributed by atoms with Gasteiger partial charge in [0.1, 0.15) is 9.88 Å². The maximum atomic E-state index is 11.3. The van der Waals surface area contributed by atoms with Crippen molar-refractivity contribution in [1.29, 1.82) is 0 Å². The van der Waals surface area contributed by atoms with E-state index in [0.29, 0.717) is 15.6 Å². The lowest BCUT2D eigenvalue weighted by Gasteiger charge is -2.03. The van der Waals surface area contributed by atoms with Gasteiger partial charge in [-0.05, 0) is 23.8 Å². The van der Waals surface area contributed by atoms with Crippen molar-refractivity contribution in [1.82, 2.24) is 4.98 Å². The number of benzene rings is 1. The van der Waals surface area contributed by atoms with E-state index in [0.717, 1.165) is 5.56 Å². The normalized spacial score (nSPS) is 10.7. The van der Waals surface area contributed by atoms with Gasteiger partial charge >= 0.3 is 5.97 Å². The summed E-state index contributed by atoms with van der Waals surface area (Å²) in [7, 11) is 2.83. The molecule has 1 heterocycles. The van der Waals surface area contributed by atoms with Crippen LogP contribution in [-0.2, 0) is 4.74 Å². The van der Waals surface area contributed by atoms with E-state index in [-0.39, 0.29) is 5.75 Å². The first-order chi connectivity index (χ1) is 9.63. The number of hydrogen-bond donors (Lipinski definition) is 1. The molecule has 0 atom stereocenters. The van der Waals surface area contributed by atoms with Gasteiger partial charge in [-0.25, -0.2) is 9.78 Å². The van der Waals surface area contributed by atoms with Crippen LogP contribution in [0, 0.1) is 0 Å². The van der Waals surface area contributed by atoms with Crippen molar-refractivity contribution in [3.8, 4) is 11.5 Å². The second-order valence-electron chi connectivity index (χ2n) is 3.82. The first kappa shape index (κ1) is 14.1. The van der Waals surface area contributed by atoms with Crippen LogP contribution in [0.5, 0.6) is 11.5 Å². The van der Waals surface area contributed by atoms with E-state index in [1.54, 1.807) is 24.3 Å². The monoisotopic (exact) mass is 291 g/mol. The summed E-state index contributed by atoms with van der Waals surface area (Å²) in [6.07, 6.45) is 5.08. The number of hydrogen-bond acceptors (Lipinski definition) is 6. The fourth-order valence-corrected chi connectivity index (χ4v) is 2.26. The zero-order valence-corrected chi connectivity index (χ0v) is 11.8. The predicted molar refractivity (Wildman–Crippen MR) is 77.0 cm³/mol. The molecule has 2 aromatic rings. The van der Waals surface area contributed by atoms with E-state index in [9.17, 15) is 9.90 Å². The molecule has 1 aromatic heterocycles. The lowest BCUT2D eigenvalue weighted by molar-refractivity contribution is 0.0606. The molecule has 20 heavy (non-hydrogen) atoms. The number of thiazole rings is 1. The van der Waals surface area contributed by atoms with Gasteiger partial charge in [-0.15, -0.1) is 11.3 Å². The number of ether oxygens (including phenoxy) is 2. The van der Waals surface area contributed by atoms with Crippen LogP contribution >= 0.6 is 11.3 Å². The van der Waals surface area contributed by atoms with E-state index in [2.05, 4.69) is 9.72 Å². The highest BCUT2D eigenvalue weighted by Gasteiger charge is 2.08. The number of phenols is 1. The molecule has 0 unspecified atom stereocenters. The molecular weight excluding hydrogens is 278 g/mol. The molecule has 2 rings (SSSR count). The quantitative estimate of drug-likeness (QED) is 0.877. The summed E-state index contributed by atoms with van der Waals surface area (Å²) in [6, 6.07) is 5.02. The lowest BCUT2D eigenvalue weighted by Crippen LogP contribution is -1.96. The molecular formula is C14H13NO4S. The molecule has 0 spiro atoms. The lowest BCUT2D eigenvalue weighted by atomic mass is 10.2. The molecule has 1 aromatic carbocycles. The molecule has 1 N–H and O–H groups in total. The molecule has 0 bridgehead atoms. The molecule has 0 aliphatic heterocycles. The van der Waals surface area contributed by atoms with Crippen molar-refractivity contribution in [2.75, 3.05) is 14.2 Å². The Morgan fingerprint density at radius 3 is 2.85 bits per heavy atom. The third-order valence-corrected chi connectivity index (χ3v) is 3.47. The van der Waals surface area contributed by atoms with Gasteiger partial charge in [0.2, 0.25) is 0 Å². The van der Waals surface area contributed by atoms with Gasteiger partial charge < -0.3 is 14.6 Å². The number of carbonyl (C=O) groups excluding carboxylic acids is 1. The van der Waals surface area contributed by atoms with Crippen LogP contribution < -0.4 is 4.74 Å². The van der Waals surface area contributed by atoms with Crippen LogP contribution in [0.4, 0.5) is 0 Å². The second kappa shape index (κ2) is 6.21. The fraction of sp³-hybridized carbons (Fsp3) is 0.143. The van der Waals surface area contributed by atoms with Crippen molar-refractivity contribution in [2.45, 2.75) is 0 Å². The Bertz CT molecular complexity index is 648. The SMILES string of the molecule is COC(=O)c1cnc(/C=C/c2ccc(O)c(OC)c2)s1. The minimum Gasteiger partial charge on any atom is -0.504 e. The van der Waals surface area contributed by atoms with Crippen molar-refractivity contribution in [3.63, 3.8) is 0 Å². The molecule has 0 saturated heterocycles. The number of aromatic nitrogens is 1. The van der Waals surface area contributed by atoms with E-state index >= 15 is 0 Å². The van der Waals surface area contributed by atoms with E-state index in [1.165, 1.54) is 31.8 Å². The summed E-state index contributed by atoms with van der Waals surface area (Å²) < 4.78 is 9.65. The fourth-order valence-electron chi connectivity index (χ4n) is 1.53. The highest BCUT2D eigenvalue weighted by atomic mass is 32.1. The van der Waals surface area contributed by atoms with E-state index in [4.69, 9.17) is 4.74 Å². The van der Waals surface area contributed by atoms with Gasteiger partial charge in [-0.2, -0.15) is 0 Å². The molecule has 0 amide bonds. The van der Waals surface area contributed by atoms with Crippen molar-refractivity contribution < 1.29 is 19.4 Å². The number of carbonyl (C=O) groups is 1. The molecule has 6 heteroatoms. The minimum atomic E-state index is -0.395. The Kier molecular flexibility index (Phi) is 4.37. The average molecular weight is 291 g/mol.